The fourth-order valence-electron chi connectivity index (χ4n) is 2.94. The van der Waals surface area contributed by atoms with Crippen molar-refractivity contribution < 1.29 is 19.1 Å². The van der Waals surface area contributed by atoms with E-state index < -0.39 is 0 Å². The molecule has 1 rings (SSSR count). The molecule has 1 aromatic carbocycles. The van der Waals surface area contributed by atoms with E-state index >= 15 is 0 Å². The van der Waals surface area contributed by atoms with Gasteiger partial charge >= 0.3 is 5.97 Å². The van der Waals surface area contributed by atoms with Crippen LogP contribution in [0.5, 0.6) is 5.75 Å². The molecule has 0 spiro atoms. The first kappa shape index (κ1) is 23.0. The summed E-state index contributed by atoms with van der Waals surface area (Å²) in [6, 6.07) is 6.98. The van der Waals surface area contributed by atoms with E-state index in [1.165, 1.54) is 57.0 Å². The standard InChI is InChI=1S/C22H35NO4/c1-4-5-6-7-8-9-10-11-14-17-27-21(24)18-23(2)22(25)19-15-12-13-16-20(19)26-3/h12-13,15-16H,4-11,14,17-18H2,1-3H3. The number of carbonyl (C=O) groups excluding carboxylic acids is 2. The average molecular weight is 378 g/mol. The van der Waals surface area contributed by atoms with Gasteiger partial charge in [-0.05, 0) is 18.6 Å². The molecule has 0 aliphatic rings. The van der Waals surface area contributed by atoms with Crippen molar-refractivity contribution in [1.29, 1.82) is 0 Å². The van der Waals surface area contributed by atoms with Gasteiger partial charge in [-0.3, -0.25) is 9.59 Å². The summed E-state index contributed by atoms with van der Waals surface area (Å²) in [4.78, 5) is 25.7. The van der Waals surface area contributed by atoms with Crippen molar-refractivity contribution in [1.82, 2.24) is 4.90 Å². The predicted molar refractivity (Wildman–Crippen MR) is 108 cm³/mol. The molecule has 1 amide bonds. The number of para-hydroxylation sites is 1. The molecule has 0 saturated heterocycles. The largest absolute Gasteiger partial charge is 0.496 e. The van der Waals surface area contributed by atoms with Crippen LogP contribution in [0.15, 0.2) is 24.3 Å². The lowest BCUT2D eigenvalue weighted by Crippen LogP contribution is -2.33. The summed E-state index contributed by atoms with van der Waals surface area (Å²) < 4.78 is 10.4. The third-order valence-electron chi connectivity index (χ3n) is 4.56. The lowest BCUT2D eigenvalue weighted by Gasteiger charge is -2.17. The maximum Gasteiger partial charge on any atom is 0.325 e. The second-order valence-electron chi connectivity index (χ2n) is 6.91. The number of rotatable bonds is 14. The summed E-state index contributed by atoms with van der Waals surface area (Å²) in [6.45, 7) is 2.59. The zero-order valence-electron chi connectivity index (χ0n) is 17.2. The Morgan fingerprint density at radius 1 is 0.926 bits per heavy atom. The number of carbonyl (C=O) groups is 2. The second kappa shape index (κ2) is 14.1. The van der Waals surface area contributed by atoms with Gasteiger partial charge in [-0.15, -0.1) is 0 Å². The zero-order chi connectivity index (χ0) is 19.9. The molecule has 0 fully saturated rings. The van der Waals surface area contributed by atoms with Gasteiger partial charge in [-0.2, -0.15) is 0 Å². The maximum atomic E-state index is 12.4. The van der Waals surface area contributed by atoms with E-state index in [4.69, 9.17) is 9.47 Å². The lowest BCUT2D eigenvalue weighted by atomic mass is 10.1. The first-order chi connectivity index (χ1) is 13.1. The molecule has 0 saturated carbocycles. The van der Waals surface area contributed by atoms with Gasteiger partial charge in [0.05, 0.1) is 19.3 Å². The summed E-state index contributed by atoms with van der Waals surface area (Å²) >= 11 is 0. The number of methoxy groups -OCH3 is 1. The molecule has 0 aliphatic heterocycles. The Morgan fingerprint density at radius 3 is 2.15 bits per heavy atom. The van der Waals surface area contributed by atoms with E-state index in [1.807, 2.05) is 0 Å². The van der Waals surface area contributed by atoms with Crippen LogP contribution in [-0.2, 0) is 9.53 Å². The molecule has 152 valence electrons. The number of hydrogen-bond acceptors (Lipinski definition) is 4. The van der Waals surface area contributed by atoms with Crippen LogP contribution < -0.4 is 4.74 Å². The zero-order valence-corrected chi connectivity index (χ0v) is 17.2. The molecule has 1 aromatic rings. The van der Waals surface area contributed by atoms with Crippen LogP contribution in [0.4, 0.5) is 0 Å². The molecule has 0 aliphatic carbocycles. The Hall–Kier alpha value is -2.04. The fraction of sp³-hybridized carbons (Fsp3) is 0.636. The number of amides is 1. The van der Waals surface area contributed by atoms with E-state index in [9.17, 15) is 9.59 Å². The molecule has 0 atom stereocenters. The Morgan fingerprint density at radius 2 is 1.52 bits per heavy atom. The van der Waals surface area contributed by atoms with Crippen LogP contribution >= 0.6 is 0 Å². The molecule has 5 heteroatoms. The highest BCUT2D eigenvalue weighted by atomic mass is 16.5. The Balaban J connectivity index is 2.16. The van der Waals surface area contributed by atoms with Crippen molar-refractivity contribution in [2.45, 2.75) is 64.7 Å². The van der Waals surface area contributed by atoms with Crippen LogP contribution in [0.1, 0.15) is 75.1 Å². The lowest BCUT2D eigenvalue weighted by molar-refractivity contribution is -0.144. The monoisotopic (exact) mass is 377 g/mol. The van der Waals surface area contributed by atoms with E-state index in [0.29, 0.717) is 17.9 Å². The number of unbranched alkanes of at least 4 members (excludes halogenated alkanes) is 8. The summed E-state index contributed by atoms with van der Waals surface area (Å²) in [6.07, 6.45) is 11.0. The van der Waals surface area contributed by atoms with E-state index in [-0.39, 0.29) is 18.4 Å². The SMILES string of the molecule is CCCCCCCCCCCOC(=O)CN(C)C(=O)c1ccccc1OC. The minimum absolute atomic E-state index is 0.0612. The molecule has 0 heterocycles. The molecule has 0 radical (unpaired) electrons. The molecule has 5 nitrogen and oxygen atoms in total. The minimum Gasteiger partial charge on any atom is -0.496 e. The van der Waals surface area contributed by atoms with Crippen LogP contribution in [0, 0.1) is 0 Å². The summed E-state index contributed by atoms with van der Waals surface area (Å²) in [5.41, 5.74) is 0.439. The van der Waals surface area contributed by atoms with E-state index in [2.05, 4.69) is 6.92 Å². The molecular formula is C22H35NO4. The second-order valence-corrected chi connectivity index (χ2v) is 6.91. The molecule has 0 aromatic heterocycles. The Bertz CT molecular complexity index is 559. The van der Waals surface area contributed by atoms with Gasteiger partial charge < -0.3 is 14.4 Å². The van der Waals surface area contributed by atoms with Crippen LogP contribution in [-0.4, -0.2) is 44.1 Å². The topological polar surface area (TPSA) is 55.8 Å². The fourth-order valence-corrected chi connectivity index (χ4v) is 2.94. The van der Waals surface area contributed by atoms with Crippen molar-refractivity contribution in [3.63, 3.8) is 0 Å². The molecule has 0 N–H and O–H groups in total. The predicted octanol–water partition coefficient (Wildman–Crippen LogP) is 4.84. The number of hydrogen-bond donors (Lipinski definition) is 0. The molecular weight excluding hydrogens is 342 g/mol. The first-order valence-electron chi connectivity index (χ1n) is 10.1. The summed E-state index contributed by atoms with van der Waals surface area (Å²) in [7, 11) is 3.11. The summed E-state index contributed by atoms with van der Waals surface area (Å²) in [5.74, 6) is -0.134. The number of ether oxygens (including phenoxy) is 2. The third-order valence-corrected chi connectivity index (χ3v) is 4.56. The van der Waals surface area contributed by atoms with Gasteiger partial charge in [0.2, 0.25) is 0 Å². The number of benzene rings is 1. The van der Waals surface area contributed by atoms with Crippen molar-refractivity contribution in [2.24, 2.45) is 0 Å². The van der Waals surface area contributed by atoms with Gasteiger partial charge in [0.1, 0.15) is 12.3 Å². The van der Waals surface area contributed by atoms with Crippen molar-refractivity contribution in [3.8, 4) is 5.75 Å². The number of esters is 1. The van der Waals surface area contributed by atoms with E-state index in [0.717, 1.165) is 12.8 Å². The van der Waals surface area contributed by atoms with Crippen LogP contribution in [0.25, 0.3) is 0 Å². The molecule has 0 unspecified atom stereocenters. The quantitative estimate of drug-likeness (QED) is 0.344. The highest BCUT2D eigenvalue weighted by Gasteiger charge is 2.18. The summed E-state index contributed by atoms with van der Waals surface area (Å²) in [5, 5.41) is 0. The van der Waals surface area contributed by atoms with Crippen LogP contribution in [0.3, 0.4) is 0 Å². The highest BCUT2D eigenvalue weighted by molar-refractivity contribution is 5.98. The van der Waals surface area contributed by atoms with Crippen molar-refractivity contribution in [3.05, 3.63) is 29.8 Å². The van der Waals surface area contributed by atoms with Gasteiger partial charge in [0.15, 0.2) is 0 Å². The third kappa shape index (κ3) is 9.45. The number of likely N-dealkylation sites (N-methyl/N-ethyl adjacent to an activating group) is 1. The first-order valence-corrected chi connectivity index (χ1v) is 10.1. The highest BCUT2D eigenvalue weighted by Crippen LogP contribution is 2.18. The normalized spacial score (nSPS) is 10.5. The maximum absolute atomic E-state index is 12.4. The van der Waals surface area contributed by atoms with Crippen LogP contribution in [0.2, 0.25) is 0 Å². The van der Waals surface area contributed by atoms with Gasteiger partial charge in [0, 0.05) is 7.05 Å². The Kier molecular flexibility index (Phi) is 12.0. The van der Waals surface area contributed by atoms with Crippen molar-refractivity contribution >= 4 is 11.9 Å². The van der Waals surface area contributed by atoms with Gasteiger partial charge in [-0.25, -0.2) is 0 Å². The average Bonchev–Trinajstić information content (AvgIpc) is 2.68. The van der Waals surface area contributed by atoms with Crippen molar-refractivity contribution in [2.75, 3.05) is 27.3 Å². The Labute approximate surface area is 164 Å². The minimum atomic E-state index is -0.375. The molecule has 0 bridgehead atoms. The van der Waals surface area contributed by atoms with Gasteiger partial charge in [0.25, 0.3) is 5.91 Å². The molecule has 27 heavy (non-hydrogen) atoms. The van der Waals surface area contributed by atoms with E-state index in [1.54, 1.807) is 31.3 Å². The number of nitrogens with zero attached hydrogens (tertiary/aromatic N) is 1. The smallest absolute Gasteiger partial charge is 0.325 e. The van der Waals surface area contributed by atoms with Gasteiger partial charge in [-0.1, -0.05) is 70.4 Å².